The fourth-order valence-corrected chi connectivity index (χ4v) is 3.86. The van der Waals surface area contributed by atoms with Gasteiger partial charge < -0.3 is 0 Å². The Labute approximate surface area is 133 Å². The molecule has 1 saturated carbocycles. The van der Waals surface area contributed by atoms with Crippen LogP contribution < -0.4 is 5.32 Å². The number of nitrogens with zero attached hydrogens (tertiary/aromatic N) is 1. The van der Waals surface area contributed by atoms with Crippen molar-refractivity contribution in [2.75, 3.05) is 0 Å². The average molecular weight is 318 g/mol. The van der Waals surface area contributed by atoms with Gasteiger partial charge in [-0.25, -0.2) is 4.79 Å². The van der Waals surface area contributed by atoms with Crippen LogP contribution in [0.2, 0.25) is 0 Å². The molecule has 2 fully saturated rings. The van der Waals surface area contributed by atoms with Crippen LogP contribution in [0.1, 0.15) is 42.5 Å². The summed E-state index contributed by atoms with van der Waals surface area (Å²) < 4.78 is 0. The van der Waals surface area contributed by atoms with E-state index in [-0.39, 0.29) is 11.6 Å². The molecule has 0 bridgehead atoms. The molecule has 22 heavy (non-hydrogen) atoms. The summed E-state index contributed by atoms with van der Waals surface area (Å²) >= 11 is 1.47. The first kappa shape index (κ1) is 15.0. The molecule has 0 unspecified atom stereocenters. The molecule has 0 spiro atoms. The van der Waals surface area contributed by atoms with Crippen molar-refractivity contribution < 1.29 is 14.4 Å². The fourth-order valence-electron chi connectivity index (χ4n) is 3.01. The highest BCUT2D eigenvalue weighted by atomic mass is 32.1. The third-order valence-electron chi connectivity index (χ3n) is 4.25. The smallest absolute Gasteiger partial charge is 0.273 e. The number of carbonyl (C=O) groups is 3. The summed E-state index contributed by atoms with van der Waals surface area (Å²) in [4.78, 5) is 38.9. The van der Waals surface area contributed by atoms with E-state index < -0.39 is 17.8 Å². The monoisotopic (exact) mass is 318 g/mol. The summed E-state index contributed by atoms with van der Waals surface area (Å²) in [6, 6.07) is 1.26. The minimum atomic E-state index is -0.602. The molecule has 2 heterocycles. The van der Waals surface area contributed by atoms with Gasteiger partial charge >= 0.3 is 6.03 Å². The van der Waals surface area contributed by atoms with Crippen molar-refractivity contribution in [2.45, 2.75) is 45.1 Å². The maximum absolute atomic E-state index is 12.7. The van der Waals surface area contributed by atoms with Gasteiger partial charge in [0.25, 0.3) is 11.8 Å². The van der Waals surface area contributed by atoms with Crippen LogP contribution in [0.25, 0.3) is 6.08 Å². The summed E-state index contributed by atoms with van der Waals surface area (Å²) in [5.74, 6) is -1.07. The molecular weight excluding hydrogens is 300 g/mol. The van der Waals surface area contributed by atoms with Crippen molar-refractivity contribution in [3.8, 4) is 0 Å². The summed E-state index contributed by atoms with van der Waals surface area (Å²) in [5.41, 5.74) is 1.06. The van der Waals surface area contributed by atoms with E-state index in [1.807, 2.05) is 18.4 Å². The predicted molar refractivity (Wildman–Crippen MR) is 84.3 cm³/mol. The first-order valence-corrected chi connectivity index (χ1v) is 8.40. The summed E-state index contributed by atoms with van der Waals surface area (Å²) in [5, 5.41) is 4.22. The van der Waals surface area contributed by atoms with Crippen molar-refractivity contribution in [2.24, 2.45) is 0 Å². The lowest BCUT2D eigenvalue weighted by molar-refractivity contribution is -0.132. The van der Waals surface area contributed by atoms with Gasteiger partial charge in [-0.1, -0.05) is 19.3 Å². The van der Waals surface area contributed by atoms with Crippen LogP contribution in [0.15, 0.2) is 17.0 Å². The minimum absolute atomic E-state index is 0.0516. The Kier molecular flexibility index (Phi) is 4.11. The number of imide groups is 2. The zero-order valence-electron chi connectivity index (χ0n) is 12.4. The largest absolute Gasteiger partial charge is 0.331 e. The number of amides is 4. The molecule has 1 N–H and O–H groups in total. The molecule has 4 amide bonds. The number of hydrogen-bond acceptors (Lipinski definition) is 4. The lowest BCUT2D eigenvalue weighted by atomic mass is 9.93. The van der Waals surface area contributed by atoms with Crippen LogP contribution in [-0.4, -0.2) is 28.8 Å². The highest BCUT2D eigenvalue weighted by molar-refractivity contribution is 7.11. The quantitative estimate of drug-likeness (QED) is 0.673. The van der Waals surface area contributed by atoms with E-state index in [0.29, 0.717) is 0 Å². The van der Waals surface area contributed by atoms with E-state index in [9.17, 15) is 14.4 Å². The molecule has 116 valence electrons. The first-order chi connectivity index (χ1) is 10.6. The summed E-state index contributed by atoms with van der Waals surface area (Å²) in [6.45, 7) is 1.93. The van der Waals surface area contributed by atoms with E-state index in [0.717, 1.165) is 42.5 Å². The van der Waals surface area contributed by atoms with Crippen LogP contribution in [-0.2, 0) is 9.59 Å². The van der Waals surface area contributed by atoms with E-state index in [4.69, 9.17) is 0 Å². The fraction of sp³-hybridized carbons (Fsp3) is 0.438. The predicted octanol–water partition coefficient (Wildman–Crippen LogP) is 2.85. The average Bonchev–Trinajstić information content (AvgIpc) is 2.89. The van der Waals surface area contributed by atoms with Crippen molar-refractivity contribution in [1.82, 2.24) is 10.2 Å². The van der Waals surface area contributed by atoms with Crippen LogP contribution in [0.4, 0.5) is 4.79 Å². The molecule has 1 aromatic rings. The standard InChI is InChI=1S/C16H18N2O3S/c1-10-7-8-22-13(10)9-12-14(19)17-16(21)18(15(12)20)11-5-3-2-4-6-11/h7-9,11H,2-6H2,1H3,(H,17,19,21). The van der Waals surface area contributed by atoms with Gasteiger partial charge in [0, 0.05) is 10.9 Å². The van der Waals surface area contributed by atoms with E-state index in [1.165, 1.54) is 16.2 Å². The Balaban J connectivity index is 1.92. The third kappa shape index (κ3) is 2.70. The second-order valence-corrected chi connectivity index (χ2v) is 6.70. The van der Waals surface area contributed by atoms with Gasteiger partial charge in [0.1, 0.15) is 5.57 Å². The van der Waals surface area contributed by atoms with Crippen molar-refractivity contribution >= 4 is 35.3 Å². The molecule has 1 aliphatic carbocycles. The molecule has 2 aliphatic rings. The van der Waals surface area contributed by atoms with Crippen molar-refractivity contribution in [3.63, 3.8) is 0 Å². The Morgan fingerprint density at radius 2 is 1.95 bits per heavy atom. The first-order valence-electron chi connectivity index (χ1n) is 7.52. The Hall–Kier alpha value is -1.95. The summed E-state index contributed by atoms with van der Waals surface area (Å²) in [7, 11) is 0. The molecule has 3 rings (SSSR count). The maximum atomic E-state index is 12.7. The van der Waals surface area contributed by atoms with Crippen LogP contribution in [0, 0.1) is 6.92 Å². The number of rotatable bonds is 2. The second-order valence-electron chi connectivity index (χ2n) is 5.75. The van der Waals surface area contributed by atoms with Crippen LogP contribution in [0.5, 0.6) is 0 Å². The number of urea groups is 1. The number of barbiturate groups is 1. The molecule has 0 atom stereocenters. The van der Waals surface area contributed by atoms with Crippen LogP contribution >= 0.6 is 11.3 Å². The van der Waals surface area contributed by atoms with Crippen molar-refractivity contribution in [3.05, 3.63) is 27.5 Å². The van der Waals surface area contributed by atoms with Gasteiger partial charge in [-0.05, 0) is 42.9 Å². The zero-order chi connectivity index (χ0) is 15.7. The molecule has 0 aromatic carbocycles. The zero-order valence-corrected chi connectivity index (χ0v) is 13.2. The topological polar surface area (TPSA) is 66.5 Å². The molecule has 1 saturated heterocycles. The Morgan fingerprint density at radius 1 is 1.23 bits per heavy atom. The van der Waals surface area contributed by atoms with Gasteiger partial charge in [-0.2, -0.15) is 0 Å². The number of thiophene rings is 1. The second kappa shape index (κ2) is 6.04. The molecule has 1 aliphatic heterocycles. The highest BCUT2D eigenvalue weighted by Crippen LogP contribution is 2.27. The molecular formula is C16H18N2O3S. The normalized spacial score (nSPS) is 22.3. The van der Waals surface area contributed by atoms with Crippen LogP contribution in [0.3, 0.4) is 0 Å². The molecule has 1 aromatic heterocycles. The maximum Gasteiger partial charge on any atom is 0.331 e. The lowest BCUT2D eigenvalue weighted by Crippen LogP contribution is -2.58. The number of carbonyl (C=O) groups excluding carboxylic acids is 3. The van der Waals surface area contributed by atoms with Gasteiger partial charge in [-0.15, -0.1) is 11.3 Å². The van der Waals surface area contributed by atoms with Gasteiger partial charge in [0.15, 0.2) is 0 Å². The third-order valence-corrected chi connectivity index (χ3v) is 5.22. The highest BCUT2D eigenvalue weighted by Gasteiger charge is 2.40. The minimum Gasteiger partial charge on any atom is -0.273 e. The van der Waals surface area contributed by atoms with E-state index in [2.05, 4.69) is 5.32 Å². The molecule has 6 heteroatoms. The van der Waals surface area contributed by atoms with Crippen molar-refractivity contribution in [1.29, 1.82) is 0 Å². The van der Waals surface area contributed by atoms with E-state index in [1.54, 1.807) is 6.08 Å². The Bertz CT molecular complexity index is 656. The molecule has 5 nitrogen and oxygen atoms in total. The summed E-state index contributed by atoms with van der Waals surface area (Å²) in [6.07, 6.45) is 6.39. The number of hydrogen-bond donors (Lipinski definition) is 1. The SMILES string of the molecule is Cc1ccsc1C=C1C(=O)NC(=O)N(C2CCCCC2)C1=O. The van der Waals surface area contributed by atoms with Gasteiger partial charge in [0.2, 0.25) is 0 Å². The van der Waals surface area contributed by atoms with Gasteiger partial charge in [-0.3, -0.25) is 19.8 Å². The van der Waals surface area contributed by atoms with E-state index >= 15 is 0 Å². The molecule has 0 radical (unpaired) electrons. The number of aryl methyl sites for hydroxylation is 1. The number of nitrogens with one attached hydrogen (secondary N) is 1. The Morgan fingerprint density at radius 3 is 2.59 bits per heavy atom. The lowest BCUT2D eigenvalue weighted by Gasteiger charge is -2.35. The van der Waals surface area contributed by atoms with Gasteiger partial charge in [0.05, 0.1) is 0 Å².